The topological polar surface area (TPSA) is 24.3 Å². The number of aryl methyl sites for hydroxylation is 2. The van der Waals surface area contributed by atoms with Gasteiger partial charge >= 0.3 is 0 Å². The minimum atomic E-state index is 0.790. The maximum Gasteiger partial charge on any atom is 0.0798 e. The molecule has 1 atom stereocenters. The van der Waals surface area contributed by atoms with Crippen LogP contribution >= 0.6 is 11.3 Å². The molecule has 4 nitrogen and oxygen atoms in total. The Hall–Kier alpha value is -1.17. The van der Waals surface area contributed by atoms with Crippen LogP contribution in [-0.4, -0.2) is 46.0 Å². The number of thiazole rings is 1. The van der Waals surface area contributed by atoms with Crippen molar-refractivity contribution in [3.05, 3.63) is 40.1 Å². The van der Waals surface area contributed by atoms with E-state index in [0.29, 0.717) is 0 Å². The summed E-state index contributed by atoms with van der Waals surface area (Å²) in [5.41, 5.74) is 4.55. The van der Waals surface area contributed by atoms with Gasteiger partial charge in [-0.05, 0) is 45.0 Å². The van der Waals surface area contributed by atoms with E-state index in [0.717, 1.165) is 19.0 Å². The minimum absolute atomic E-state index is 0.790. The Kier molecular flexibility index (Phi) is 4.96. The lowest BCUT2D eigenvalue weighted by atomic mass is 10.1. The van der Waals surface area contributed by atoms with Crippen LogP contribution in [0.2, 0.25) is 0 Å². The van der Waals surface area contributed by atoms with Crippen LogP contribution in [0.15, 0.2) is 23.8 Å². The second-order valence-electron chi connectivity index (χ2n) is 6.56. The van der Waals surface area contributed by atoms with Crippen molar-refractivity contribution in [2.24, 2.45) is 13.0 Å². The Balaban J connectivity index is 1.46. The smallest absolute Gasteiger partial charge is 0.0798 e. The molecule has 120 valence electrons. The lowest BCUT2D eigenvalue weighted by Gasteiger charge is -2.21. The quantitative estimate of drug-likeness (QED) is 0.818. The van der Waals surface area contributed by atoms with Crippen molar-refractivity contribution >= 4 is 11.3 Å². The number of aromatic nitrogens is 2. The average Bonchev–Trinajstić information content (AvgIpc) is 3.17. The van der Waals surface area contributed by atoms with Crippen LogP contribution in [0.25, 0.3) is 0 Å². The first-order valence-corrected chi connectivity index (χ1v) is 8.90. The van der Waals surface area contributed by atoms with Gasteiger partial charge in [0.05, 0.1) is 11.2 Å². The van der Waals surface area contributed by atoms with E-state index < -0.39 is 0 Å². The molecular formula is C17H26N4S. The molecule has 0 bridgehead atoms. The first-order chi connectivity index (χ1) is 10.6. The highest BCUT2D eigenvalue weighted by molar-refractivity contribution is 7.09. The molecule has 0 N–H and O–H groups in total. The monoisotopic (exact) mass is 318 g/mol. The summed E-state index contributed by atoms with van der Waals surface area (Å²) in [6.07, 6.45) is 3.45. The van der Waals surface area contributed by atoms with Gasteiger partial charge in [0.25, 0.3) is 0 Å². The van der Waals surface area contributed by atoms with Gasteiger partial charge in [0, 0.05) is 50.0 Å². The molecule has 5 heteroatoms. The van der Waals surface area contributed by atoms with Crippen molar-refractivity contribution in [3.8, 4) is 0 Å². The number of hydrogen-bond donors (Lipinski definition) is 0. The molecule has 22 heavy (non-hydrogen) atoms. The van der Waals surface area contributed by atoms with Gasteiger partial charge in [0.2, 0.25) is 0 Å². The normalized spacial score (nSPS) is 19.4. The second-order valence-corrected chi connectivity index (χ2v) is 7.50. The molecule has 0 aromatic carbocycles. The third kappa shape index (κ3) is 3.77. The summed E-state index contributed by atoms with van der Waals surface area (Å²) in [7, 11) is 4.37. The van der Waals surface area contributed by atoms with Gasteiger partial charge in [-0.25, -0.2) is 4.98 Å². The average molecular weight is 318 g/mol. The highest BCUT2D eigenvalue weighted by Crippen LogP contribution is 2.21. The number of hydrogen-bond acceptors (Lipinski definition) is 4. The third-order valence-electron chi connectivity index (χ3n) is 4.64. The van der Waals surface area contributed by atoms with Gasteiger partial charge in [-0.15, -0.1) is 11.3 Å². The molecule has 1 fully saturated rings. The van der Waals surface area contributed by atoms with E-state index >= 15 is 0 Å². The predicted molar refractivity (Wildman–Crippen MR) is 92.0 cm³/mol. The fraction of sp³-hybridized carbons (Fsp3) is 0.588. The van der Waals surface area contributed by atoms with Crippen LogP contribution in [0, 0.1) is 12.8 Å². The zero-order valence-electron chi connectivity index (χ0n) is 13.8. The zero-order valence-corrected chi connectivity index (χ0v) is 14.6. The molecule has 0 saturated carbocycles. The van der Waals surface area contributed by atoms with Crippen LogP contribution in [0.5, 0.6) is 0 Å². The molecule has 3 heterocycles. The molecule has 1 saturated heterocycles. The van der Waals surface area contributed by atoms with Gasteiger partial charge in [0.15, 0.2) is 0 Å². The van der Waals surface area contributed by atoms with Crippen molar-refractivity contribution in [3.63, 3.8) is 0 Å². The van der Waals surface area contributed by atoms with E-state index in [4.69, 9.17) is 0 Å². The van der Waals surface area contributed by atoms with Gasteiger partial charge < -0.3 is 9.47 Å². The van der Waals surface area contributed by atoms with Gasteiger partial charge in [-0.2, -0.15) is 0 Å². The van der Waals surface area contributed by atoms with Crippen LogP contribution in [0.1, 0.15) is 22.7 Å². The van der Waals surface area contributed by atoms with E-state index in [-0.39, 0.29) is 0 Å². The second kappa shape index (κ2) is 6.94. The van der Waals surface area contributed by atoms with Gasteiger partial charge in [0.1, 0.15) is 0 Å². The molecule has 2 aromatic heterocycles. The molecule has 1 unspecified atom stereocenters. The highest BCUT2D eigenvalue weighted by Gasteiger charge is 2.24. The fourth-order valence-electron chi connectivity index (χ4n) is 3.32. The fourth-order valence-corrected chi connectivity index (χ4v) is 4.18. The van der Waals surface area contributed by atoms with Crippen molar-refractivity contribution in [2.75, 3.05) is 26.7 Å². The highest BCUT2D eigenvalue weighted by atomic mass is 32.1. The minimum Gasteiger partial charge on any atom is -0.353 e. The SMILES string of the molecule is Cc1ncsc1CN(C)CC1CCN(Cc2cccn2C)C1. The number of rotatable bonds is 6. The van der Waals surface area contributed by atoms with E-state index in [1.807, 2.05) is 5.51 Å². The van der Waals surface area contributed by atoms with Crippen molar-refractivity contribution in [1.82, 2.24) is 19.4 Å². The van der Waals surface area contributed by atoms with Crippen molar-refractivity contribution < 1.29 is 0 Å². The molecule has 1 aliphatic rings. The Morgan fingerprint density at radius 3 is 3.00 bits per heavy atom. The Labute approximate surface area is 137 Å². The summed E-state index contributed by atoms with van der Waals surface area (Å²) in [6.45, 7) is 7.85. The summed E-state index contributed by atoms with van der Waals surface area (Å²) >= 11 is 1.77. The summed E-state index contributed by atoms with van der Waals surface area (Å²) in [6, 6.07) is 4.36. The zero-order chi connectivity index (χ0) is 15.5. The van der Waals surface area contributed by atoms with E-state index in [1.165, 1.54) is 42.3 Å². The van der Waals surface area contributed by atoms with Gasteiger partial charge in [-0.3, -0.25) is 4.90 Å². The molecule has 0 radical (unpaired) electrons. The van der Waals surface area contributed by atoms with Gasteiger partial charge in [-0.1, -0.05) is 0 Å². The third-order valence-corrected chi connectivity index (χ3v) is 5.55. The van der Waals surface area contributed by atoms with E-state index in [1.54, 1.807) is 11.3 Å². The summed E-state index contributed by atoms with van der Waals surface area (Å²) in [4.78, 5) is 10.8. The van der Waals surface area contributed by atoms with Crippen LogP contribution < -0.4 is 0 Å². The van der Waals surface area contributed by atoms with E-state index in [9.17, 15) is 0 Å². The molecule has 2 aromatic rings. The Morgan fingerprint density at radius 1 is 1.45 bits per heavy atom. The molecular weight excluding hydrogens is 292 g/mol. The molecule has 0 spiro atoms. The maximum atomic E-state index is 4.34. The van der Waals surface area contributed by atoms with E-state index in [2.05, 4.69) is 58.7 Å². The Morgan fingerprint density at radius 2 is 2.32 bits per heavy atom. The summed E-state index contributed by atoms with van der Waals surface area (Å²) in [5.74, 6) is 0.790. The molecule has 1 aliphatic heterocycles. The maximum absolute atomic E-state index is 4.34. The number of likely N-dealkylation sites (tertiary alicyclic amines) is 1. The van der Waals surface area contributed by atoms with Crippen LogP contribution in [0.3, 0.4) is 0 Å². The summed E-state index contributed by atoms with van der Waals surface area (Å²) in [5, 5.41) is 0. The van der Waals surface area contributed by atoms with Crippen LogP contribution in [-0.2, 0) is 20.1 Å². The largest absolute Gasteiger partial charge is 0.353 e. The Bertz CT molecular complexity index is 603. The standard InChI is InChI=1S/C17H26N4S/c1-14-17(22-13-18-14)12-19(2)9-15-6-8-21(10-15)11-16-5-4-7-20(16)3/h4-5,7,13,15H,6,8-12H2,1-3H3. The summed E-state index contributed by atoms with van der Waals surface area (Å²) < 4.78 is 2.23. The van der Waals surface area contributed by atoms with Crippen molar-refractivity contribution in [2.45, 2.75) is 26.4 Å². The molecule has 3 rings (SSSR count). The van der Waals surface area contributed by atoms with Crippen LogP contribution in [0.4, 0.5) is 0 Å². The first kappa shape index (κ1) is 15.7. The lowest BCUT2D eigenvalue weighted by molar-refractivity contribution is 0.254. The first-order valence-electron chi connectivity index (χ1n) is 8.02. The number of nitrogens with zero attached hydrogens (tertiary/aromatic N) is 4. The lowest BCUT2D eigenvalue weighted by Crippen LogP contribution is -2.28. The molecule has 0 amide bonds. The van der Waals surface area contributed by atoms with Crippen molar-refractivity contribution in [1.29, 1.82) is 0 Å². The molecule has 0 aliphatic carbocycles. The predicted octanol–water partition coefficient (Wildman–Crippen LogP) is 2.74.